The first kappa shape index (κ1) is 18.2. The van der Waals surface area contributed by atoms with Crippen molar-refractivity contribution >= 4 is 5.78 Å². The predicted octanol–water partition coefficient (Wildman–Crippen LogP) is 4.36. The lowest BCUT2D eigenvalue weighted by molar-refractivity contribution is 0.0875. The van der Waals surface area contributed by atoms with Gasteiger partial charge >= 0.3 is 0 Å². The van der Waals surface area contributed by atoms with E-state index in [4.69, 9.17) is 4.74 Å². The van der Waals surface area contributed by atoms with Gasteiger partial charge in [0.05, 0.1) is 13.2 Å². The third kappa shape index (κ3) is 4.04. The summed E-state index contributed by atoms with van der Waals surface area (Å²) in [5, 5.41) is 9.63. The van der Waals surface area contributed by atoms with Gasteiger partial charge in [-0.25, -0.2) is 0 Å². The highest BCUT2D eigenvalue weighted by atomic mass is 16.5. The standard InChI is InChI=1S/C21H26O3/c1-5-18(22)14-20(23)15-6-8-16(9-7-15)21(2,3)17-10-12-19(24-4)13-11-17/h6-13,18,22H,5,14H2,1-4H3. The van der Waals surface area contributed by atoms with Crippen LogP contribution in [0.4, 0.5) is 0 Å². The lowest BCUT2D eigenvalue weighted by Gasteiger charge is -2.26. The highest BCUT2D eigenvalue weighted by Gasteiger charge is 2.23. The fourth-order valence-electron chi connectivity index (χ4n) is 2.72. The molecule has 0 amide bonds. The molecular weight excluding hydrogens is 300 g/mol. The minimum atomic E-state index is -0.562. The molecule has 0 aromatic heterocycles. The van der Waals surface area contributed by atoms with Gasteiger partial charge in [-0.3, -0.25) is 4.79 Å². The summed E-state index contributed by atoms with van der Waals surface area (Å²) >= 11 is 0. The molecule has 2 aromatic carbocycles. The number of ether oxygens (including phenoxy) is 1. The van der Waals surface area contributed by atoms with Gasteiger partial charge in [0.1, 0.15) is 5.75 Å². The zero-order valence-electron chi connectivity index (χ0n) is 14.9. The van der Waals surface area contributed by atoms with Crippen molar-refractivity contribution in [2.75, 3.05) is 7.11 Å². The summed E-state index contributed by atoms with van der Waals surface area (Å²) in [5.41, 5.74) is 2.80. The van der Waals surface area contributed by atoms with Gasteiger partial charge in [-0.15, -0.1) is 0 Å². The number of hydrogen-bond donors (Lipinski definition) is 1. The summed E-state index contributed by atoms with van der Waals surface area (Å²) in [4.78, 5) is 12.1. The van der Waals surface area contributed by atoms with E-state index in [-0.39, 0.29) is 17.6 Å². The maximum atomic E-state index is 12.1. The van der Waals surface area contributed by atoms with Crippen molar-refractivity contribution in [2.45, 2.75) is 45.1 Å². The van der Waals surface area contributed by atoms with Gasteiger partial charge in [-0.1, -0.05) is 57.2 Å². The van der Waals surface area contributed by atoms with E-state index in [2.05, 4.69) is 26.0 Å². The summed E-state index contributed by atoms with van der Waals surface area (Å²) in [5.74, 6) is 0.822. The van der Waals surface area contributed by atoms with Gasteiger partial charge in [0, 0.05) is 17.4 Å². The van der Waals surface area contributed by atoms with Crippen LogP contribution in [0.2, 0.25) is 0 Å². The number of aliphatic hydroxyl groups is 1. The molecule has 0 saturated carbocycles. The summed E-state index contributed by atoms with van der Waals surface area (Å²) in [6.45, 7) is 6.19. The van der Waals surface area contributed by atoms with E-state index < -0.39 is 6.10 Å². The van der Waals surface area contributed by atoms with Crippen LogP contribution in [0, 0.1) is 0 Å². The molecule has 0 aliphatic rings. The molecule has 0 spiro atoms. The maximum Gasteiger partial charge on any atom is 0.165 e. The maximum absolute atomic E-state index is 12.1. The zero-order valence-corrected chi connectivity index (χ0v) is 14.9. The number of rotatable bonds is 7. The first-order valence-electron chi connectivity index (χ1n) is 8.34. The molecule has 0 bridgehead atoms. The van der Waals surface area contributed by atoms with Gasteiger partial charge in [0.15, 0.2) is 5.78 Å². The molecule has 0 radical (unpaired) electrons. The SMILES string of the molecule is CCC(O)CC(=O)c1ccc(C(C)(C)c2ccc(OC)cc2)cc1. The summed E-state index contributed by atoms with van der Waals surface area (Å²) in [7, 11) is 1.66. The van der Waals surface area contributed by atoms with Gasteiger partial charge < -0.3 is 9.84 Å². The van der Waals surface area contributed by atoms with Crippen LogP contribution in [-0.4, -0.2) is 24.1 Å². The summed E-state index contributed by atoms with van der Waals surface area (Å²) in [6, 6.07) is 15.7. The highest BCUT2D eigenvalue weighted by molar-refractivity contribution is 5.96. The first-order chi connectivity index (χ1) is 11.4. The topological polar surface area (TPSA) is 46.5 Å². The van der Waals surface area contributed by atoms with Crippen LogP contribution < -0.4 is 4.74 Å². The summed E-state index contributed by atoms with van der Waals surface area (Å²) < 4.78 is 5.21. The Kier molecular flexibility index (Phi) is 5.79. The quantitative estimate of drug-likeness (QED) is 0.769. The molecule has 2 aromatic rings. The second kappa shape index (κ2) is 7.63. The molecule has 1 atom stereocenters. The number of methoxy groups -OCH3 is 1. The second-order valence-corrected chi connectivity index (χ2v) is 6.62. The molecule has 3 nitrogen and oxygen atoms in total. The Hall–Kier alpha value is -2.13. The molecule has 128 valence electrons. The Morgan fingerprint density at radius 1 is 1.04 bits per heavy atom. The molecule has 1 N–H and O–H groups in total. The van der Waals surface area contributed by atoms with Crippen molar-refractivity contribution in [3.8, 4) is 5.75 Å². The van der Waals surface area contributed by atoms with Gasteiger partial charge in [-0.2, -0.15) is 0 Å². The number of carbonyl (C=O) groups is 1. The van der Waals surface area contributed by atoms with E-state index in [9.17, 15) is 9.90 Å². The normalized spacial score (nSPS) is 12.7. The van der Waals surface area contributed by atoms with Crippen LogP contribution in [0.5, 0.6) is 5.75 Å². The number of benzene rings is 2. The molecule has 0 aliphatic carbocycles. The van der Waals surface area contributed by atoms with Crippen molar-refractivity contribution in [1.82, 2.24) is 0 Å². The van der Waals surface area contributed by atoms with E-state index in [1.165, 1.54) is 5.56 Å². The lowest BCUT2D eigenvalue weighted by atomic mass is 9.78. The predicted molar refractivity (Wildman–Crippen MR) is 96.8 cm³/mol. The van der Waals surface area contributed by atoms with E-state index in [1.54, 1.807) is 7.11 Å². The van der Waals surface area contributed by atoms with Crippen LogP contribution in [0.25, 0.3) is 0 Å². The Morgan fingerprint density at radius 2 is 1.54 bits per heavy atom. The molecule has 0 heterocycles. The van der Waals surface area contributed by atoms with E-state index in [0.29, 0.717) is 12.0 Å². The smallest absolute Gasteiger partial charge is 0.165 e. The molecule has 1 unspecified atom stereocenters. The fourth-order valence-corrected chi connectivity index (χ4v) is 2.72. The number of ketones is 1. The van der Waals surface area contributed by atoms with Gasteiger partial charge in [0.25, 0.3) is 0 Å². The Morgan fingerprint density at radius 3 is 2.00 bits per heavy atom. The van der Waals surface area contributed by atoms with Crippen LogP contribution in [-0.2, 0) is 5.41 Å². The number of carbonyl (C=O) groups excluding carboxylic acids is 1. The van der Waals surface area contributed by atoms with E-state index in [1.807, 2.05) is 43.3 Å². The molecular formula is C21H26O3. The minimum Gasteiger partial charge on any atom is -0.497 e. The second-order valence-electron chi connectivity index (χ2n) is 6.62. The Bertz CT molecular complexity index is 669. The Balaban J connectivity index is 2.20. The van der Waals surface area contributed by atoms with Crippen molar-refractivity contribution in [3.63, 3.8) is 0 Å². The lowest BCUT2D eigenvalue weighted by Crippen LogP contribution is -2.19. The van der Waals surface area contributed by atoms with Gasteiger partial charge in [-0.05, 0) is 29.7 Å². The number of aliphatic hydroxyl groups excluding tert-OH is 1. The monoisotopic (exact) mass is 326 g/mol. The van der Waals surface area contributed by atoms with E-state index in [0.717, 1.165) is 11.3 Å². The van der Waals surface area contributed by atoms with Crippen LogP contribution in [0.1, 0.15) is 55.1 Å². The molecule has 0 saturated heterocycles. The van der Waals surface area contributed by atoms with Crippen molar-refractivity contribution in [3.05, 3.63) is 65.2 Å². The highest BCUT2D eigenvalue weighted by Crippen LogP contribution is 2.32. The fraction of sp³-hybridized carbons (Fsp3) is 0.381. The average Bonchev–Trinajstić information content (AvgIpc) is 2.61. The number of hydrogen-bond acceptors (Lipinski definition) is 3. The number of Topliss-reactive ketones (excluding diaryl/α,β-unsaturated/α-hetero) is 1. The Labute approximate surface area is 144 Å². The first-order valence-corrected chi connectivity index (χ1v) is 8.34. The van der Waals surface area contributed by atoms with Crippen molar-refractivity contribution in [2.24, 2.45) is 0 Å². The third-order valence-corrected chi connectivity index (χ3v) is 4.63. The third-order valence-electron chi connectivity index (χ3n) is 4.63. The van der Waals surface area contributed by atoms with Gasteiger partial charge in [0.2, 0.25) is 0 Å². The van der Waals surface area contributed by atoms with Crippen LogP contribution in [0.15, 0.2) is 48.5 Å². The average molecular weight is 326 g/mol. The minimum absolute atomic E-state index is 0.0156. The molecule has 3 heteroatoms. The summed E-state index contributed by atoms with van der Waals surface area (Å²) in [6.07, 6.45) is 0.208. The molecule has 0 fully saturated rings. The molecule has 0 aliphatic heterocycles. The molecule has 2 rings (SSSR count). The van der Waals surface area contributed by atoms with Crippen molar-refractivity contribution in [1.29, 1.82) is 0 Å². The van der Waals surface area contributed by atoms with E-state index >= 15 is 0 Å². The van der Waals surface area contributed by atoms with Crippen molar-refractivity contribution < 1.29 is 14.6 Å². The van der Waals surface area contributed by atoms with Crippen LogP contribution in [0.3, 0.4) is 0 Å². The van der Waals surface area contributed by atoms with Crippen LogP contribution >= 0.6 is 0 Å². The molecule has 24 heavy (non-hydrogen) atoms. The largest absolute Gasteiger partial charge is 0.497 e. The zero-order chi connectivity index (χ0) is 17.7.